The molecule has 2 N–H and O–H groups in total. The Balaban J connectivity index is 1.60. The molecule has 0 saturated carbocycles. The molecule has 4 aromatic rings. The SMILES string of the molecule is O=C(c1ccccc1-c1nn[nH]n1)N1CCc2[nH]cnc2C1c1ccccn1. The number of benzene rings is 1. The second-order valence-electron chi connectivity index (χ2n) is 6.45. The molecule has 1 atom stereocenters. The topological polar surface area (TPSA) is 116 Å². The summed E-state index contributed by atoms with van der Waals surface area (Å²) in [4.78, 5) is 27.6. The lowest BCUT2D eigenvalue weighted by Crippen LogP contribution is -2.41. The lowest BCUT2D eigenvalue weighted by atomic mass is 9.97. The Morgan fingerprint density at radius 2 is 2.00 bits per heavy atom. The number of amides is 1. The first kappa shape index (κ1) is 16.3. The maximum Gasteiger partial charge on any atom is 0.255 e. The summed E-state index contributed by atoms with van der Waals surface area (Å²) in [7, 11) is 0. The molecule has 4 heterocycles. The number of aromatic amines is 2. The third-order valence-electron chi connectivity index (χ3n) is 4.90. The number of imidazole rings is 1. The number of hydrogen-bond donors (Lipinski definition) is 2. The van der Waals surface area contributed by atoms with Crippen molar-refractivity contribution in [3.63, 3.8) is 0 Å². The van der Waals surface area contributed by atoms with E-state index in [9.17, 15) is 4.79 Å². The number of nitrogens with zero attached hydrogens (tertiary/aromatic N) is 6. The standard InChI is InChI=1S/C19H16N8O/c28-19(13-6-2-1-5-12(13)18-23-25-26-24-18)27-10-8-14-16(22-11-21-14)17(27)15-7-3-4-9-20-15/h1-7,9,11,17H,8,10H2,(H,21,22)(H,23,24,25,26). The molecule has 0 aliphatic carbocycles. The Kier molecular flexibility index (Phi) is 3.90. The van der Waals surface area contributed by atoms with Crippen LogP contribution in [0.2, 0.25) is 0 Å². The van der Waals surface area contributed by atoms with E-state index in [2.05, 4.69) is 35.6 Å². The zero-order valence-corrected chi connectivity index (χ0v) is 14.8. The normalized spacial score (nSPS) is 16.0. The first-order valence-electron chi connectivity index (χ1n) is 8.90. The van der Waals surface area contributed by atoms with E-state index in [0.717, 1.165) is 17.1 Å². The average molecular weight is 372 g/mol. The van der Waals surface area contributed by atoms with Crippen LogP contribution in [0.15, 0.2) is 55.0 Å². The maximum atomic E-state index is 13.6. The van der Waals surface area contributed by atoms with Gasteiger partial charge in [-0.3, -0.25) is 9.78 Å². The lowest BCUT2D eigenvalue weighted by molar-refractivity contribution is 0.0688. The molecule has 28 heavy (non-hydrogen) atoms. The van der Waals surface area contributed by atoms with Gasteiger partial charge in [-0.25, -0.2) is 4.98 Å². The highest BCUT2D eigenvalue weighted by atomic mass is 16.2. The molecule has 1 aromatic carbocycles. The number of H-pyrrole nitrogens is 2. The molecule has 0 saturated heterocycles. The highest BCUT2D eigenvalue weighted by Gasteiger charge is 2.36. The average Bonchev–Trinajstić information content (AvgIpc) is 3.45. The predicted octanol–water partition coefficient (Wildman–Crippen LogP) is 1.77. The number of aromatic nitrogens is 7. The Labute approximate surface area is 159 Å². The number of fused-ring (bicyclic) bond motifs is 1. The molecule has 1 aliphatic heterocycles. The minimum atomic E-state index is -0.359. The number of rotatable bonds is 3. The van der Waals surface area contributed by atoms with Gasteiger partial charge in [0.1, 0.15) is 6.04 Å². The van der Waals surface area contributed by atoms with Crippen molar-refractivity contribution in [2.24, 2.45) is 0 Å². The second-order valence-corrected chi connectivity index (χ2v) is 6.45. The van der Waals surface area contributed by atoms with Gasteiger partial charge in [0, 0.05) is 30.4 Å². The first-order chi connectivity index (χ1) is 13.8. The summed E-state index contributed by atoms with van der Waals surface area (Å²) < 4.78 is 0. The summed E-state index contributed by atoms with van der Waals surface area (Å²) in [6.45, 7) is 0.551. The van der Waals surface area contributed by atoms with Crippen molar-refractivity contribution in [1.29, 1.82) is 0 Å². The van der Waals surface area contributed by atoms with Crippen molar-refractivity contribution in [2.75, 3.05) is 6.54 Å². The van der Waals surface area contributed by atoms with Crippen LogP contribution in [0.1, 0.15) is 33.5 Å². The molecule has 3 aromatic heterocycles. The molecule has 9 heteroatoms. The van der Waals surface area contributed by atoms with Crippen molar-refractivity contribution >= 4 is 5.91 Å². The third-order valence-corrected chi connectivity index (χ3v) is 4.90. The Morgan fingerprint density at radius 3 is 2.82 bits per heavy atom. The van der Waals surface area contributed by atoms with Crippen LogP contribution in [0.25, 0.3) is 11.4 Å². The van der Waals surface area contributed by atoms with E-state index in [1.165, 1.54) is 0 Å². The molecular weight excluding hydrogens is 356 g/mol. The summed E-state index contributed by atoms with van der Waals surface area (Å²) in [5.41, 5.74) is 3.79. The number of carbonyl (C=O) groups excluding carboxylic acids is 1. The summed E-state index contributed by atoms with van der Waals surface area (Å²) >= 11 is 0. The van der Waals surface area contributed by atoms with Crippen LogP contribution in [0.3, 0.4) is 0 Å². The minimum absolute atomic E-state index is 0.121. The van der Waals surface area contributed by atoms with E-state index >= 15 is 0 Å². The first-order valence-corrected chi connectivity index (χ1v) is 8.90. The van der Waals surface area contributed by atoms with Crippen molar-refractivity contribution < 1.29 is 4.79 Å². The van der Waals surface area contributed by atoms with E-state index in [0.29, 0.717) is 29.9 Å². The van der Waals surface area contributed by atoms with Crippen LogP contribution in [-0.2, 0) is 6.42 Å². The van der Waals surface area contributed by atoms with Crippen molar-refractivity contribution in [3.05, 3.63) is 77.6 Å². The minimum Gasteiger partial charge on any atom is -0.348 e. The van der Waals surface area contributed by atoms with Crippen LogP contribution in [0.5, 0.6) is 0 Å². The van der Waals surface area contributed by atoms with E-state index in [4.69, 9.17) is 0 Å². The molecular formula is C19H16N8O. The van der Waals surface area contributed by atoms with E-state index in [-0.39, 0.29) is 11.9 Å². The van der Waals surface area contributed by atoms with Gasteiger partial charge >= 0.3 is 0 Å². The molecule has 1 amide bonds. The third kappa shape index (κ3) is 2.64. The van der Waals surface area contributed by atoms with Crippen LogP contribution >= 0.6 is 0 Å². The van der Waals surface area contributed by atoms with E-state index in [1.807, 2.05) is 41.3 Å². The monoisotopic (exact) mass is 372 g/mol. The van der Waals surface area contributed by atoms with Gasteiger partial charge in [0.2, 0.25) is 5.82 Å². The van der Waals surface area contributed by atoms with Crippen LogP contribution in [-0.4, -0.2) is 52.9 Å². The number of nitrogens with one attached hydrogen (secondary N) is 2. The summed E-state index contributed by atoms with van der Waals surface area (Å²) in [6.07, 6.45) is 4.10. The lowest BCUT2D eigenvalue weighted by Gasteiger charge is -2.35. The number of pyridine rings is 1. The van der Waals surface area contributed by atoms with Crippen molar-refractivity contribution in [3.8, 4) is 11.4 Å². The summed E-state index contributed by atoms with van der Waals surface area (Å²) in [5, 5.41) is 14.1. The maximum absolute atomic E-state index is 13.6. The molecule has 1 aliphatic rings. The molecule has 0 spiro atoms. The Hall–Kier alpha value is -3.88. The van der Waals surface area contributed by atoms with Gasteiger partial charge in [0.05, 0.1) is 23.3 Å². The molecule has 0 fully saturated rings. The fraction of sp³-hybridized carbons (Fsp3) is 0.158. The highest BCUT2D eigenvalue weighted by molar-refractivity contribution is 6.00. The van der Waals surface area contributed by atoms with E-state index in [1.54, 1.807) is 18.6 Å². The van der Waals surface area contributed by atoms with Gasteiger partial charge in [-0.1, -0.05) is 24.3 Å². The summed E-state index contributed by atoms with van der Waals surface area (Å²) in [5.74, 6) is 0.264. The smallest absolute Gasteiger partial charge is 0.255 e. The Bertz CT molecular complexity index is 1110. The number of tetrazole rings is 1. The molecule has 5 rings (SSSR count). The van der Waals surface area contributed by atoms with Crippen molar-refractivity contribution in [2.45, 2.75) is 12.5 Å². The molecule has 1 unspecified atom stereocenters. The molecule has 9 nitrogen and oxygen atoms in total. The molecule has 0 radical (unpaired) electrons. The van der Waals surface area contributed by atoms with Gasteiger partial charge in [-0.15, -0.1) is 10.2 Å². The van der Waals surface area contributed by atoms with Gasteiger partial charge in [-0.2, -0.15) is 5.21 Å². The van der Waals surface area contributed by atoms with Crippen LogP contribution < -0.4 is 0 Å². The van der Waals surface area contributed by atoms with Crippen LogP contribution in [0.4, 0.5) is 0 Å². The summed E-state index contributed by atoms with van der Waals surface area (Å²) in [6, 6.07) is 12.6. The zero-order valence-electron chi connectivity index (χ0n) is 14.8. The number of hydrogen-bond acceptors (Lipinski definition) is 6. The predicted molar refractivity (Wildman–Crippen MR) is 99.0 cm³/mol. The largest absolute Gasteiger partial charge is 0.348 e. The van der Waals surface area contributed by atoms with Gasteiger partial charge < -0.3 is 9.88 Å². The fourth-order valence-electron chi connectivity index (χ4n) is 3.63. The quantitative estimate of drug-likeness (QED) is 0.566. The van der Waals surface area contributed by atoms with Crippen LogP contribution in [0, 0.1) is 0 Å². The zero-order chi connectivity index (χ0) is 18.9. The number of carbonyl (C=O) groups is 1. The second kappa shape index (κ2) is 6.69. The van der Waals surface area contributed by atoms with Gasteiger partial charge in [-0.05, 0) is 23.4 Å². The molecule has 0 bridgehead atoms. The Morgan fingerprint density at radius 1 is 1.11 bits per heavy atom. The highest BCUT2D eigenvalue weighted by Crippen LogP contribution is 2.34. The van der Waals surface area contributed by atoms with Gasteiger partial charge in [0.15, 0.2) is 0 Å². The molecule has 138 valence electrons. The van der Waals surface area contributed by atoms with Gasteiger partial charge in [0.25, 0.3) is 5.91 Å². The van der Waals surface area contributed by atoms with Crippen molar-refractivity contribution in [1.82, 2.24) is 40.5 Å². The van der Waals surface area contributed by atoms with E-state index < -0.39 is 0 Å². The fourth-order valence-corrected chi connectivity index (χ4v) is 3.63.